The van der Waals surface area contributed by atoms with Crippen LogP contribution in [0.3, 0.4) is 0 Å². The van der Waals surface area contributed by atoms with Crippen LogP contribution < -0.4 is 10.9 Å². The van der Waals surface area contributed by atoms with Gasteiger partial charge in [-0.3, -0.25) is 14.2 Å². The maximum atomic E-state index is 13.6. The van der Waals surface area contributed by atoms with E-state index in [1.165, 1.54) is 16.6 Å². The van der Waals surface area contributed by atoms with E-state index in [0.717, 1.165) is 44.9 Å². The van der Waals surface area contributed by atoms with E-state index in [0.29, 0.717) is 10.5 Å². The van der Waals surface area contributed by atoms with Gasteiger partial charge in [0.05, 0.1) is 16.8 Å². The highest BCUT2D eigenvalue weighted by Gasteiger charge is 2.19. The third-order valence-electron chi connectivity index (χ3n) is 5.72. The number of thiophene rings is 1. The molecule has 0 aliphatic carbocycles. The SMILES string of the molecule is CCc1sc2nc(SCC(=O)Nc3c(C)cccc3C)n(-c3ccc(C)cc3)c(=O)c2c1C. The Morgan fingerprint density at radius 2 is 1.73 bits per heavy atom. The van der Waals surface area contributed by atoms with Crippen molar-refractivity contribution < 1.29 is 4.79 Å². The molecular weight excluding hydrogens is 450 g/mol. The molecule has 4 rings (SSSR count). The van der Waals surface area contributed by atoms with Gasteiger partial charge in [0.15, 0.2) is 5.16 Å². The maximum absolute atomic E-state index is 13.6. The van der Waals surface area contributed by atoms with Crippen LogP contribution in [-0.2, 0) is 11.2 Å². The second-order valence-electron chi connectivity index (χ2n) is 8.16. The molecule has 2 heterocycles. The molecular formula is C26H27N3O2S2. The fraction of sp³-hybridized carbons (Fsp3) is 0.269. The summed E-state index contributed by atoms with van der Waals surface area (Å²) in [5, 5.41) is 4.21. The number of carbonyl (C=O) groups excluding carboxylic acids is 1. The van der Waals surface area contributed by atoms with E-state index in [1.807, 2.05) is 70.2 Å². The second-order valence-corrected chi connectivity index (χ2v) is 10.2. The highest BCUT2D eigenvalue weighted by Crippen LogP contribution is 2.31. The zero-order valence-electron chi connectivity index (χ0n) is 19.5. The minimum absolute atomic E-state index is 0.0880. The fourth-order valence-electron chi connectivity index (χ4n) is 3.88. The highest BCUT2D eigenvalue weighted by molar-refractivity contribution is 7.99. The average molecular weight is 478 g/mol. The van der Waals surface area contributed by atoms with Gasteiger partial charge in [-0.15, -0.1) is 11.3 Å². The molecule has 0 aliphatic rings. The number of para-hydroxylation sites is 1. The molecule has 2 aromatic heterocycles. The molecule has 2 aromatic carbocycles. The lowest BCUT2D eigenvalue weighted by Crippen LogP contribution is -2.23. The van der Waals surface area contributed by atoms with Crippen molar-refractivity contribution >= 4 is 44.9 Å². The summed E-state index contributed by atoms with van der Waals surface area (Å²) in [4.78, 5) is 33.2. The van der Waals surface area contributed by atoms with Crippen molar-refractivity contribution in [2.45, 2.75) is 46.2 Å². The van der Waals surface area contributed by atoms with Gasteiger partial charge in [-0.05, 0) is 62.9 Å². The largest absolute Gasteiger partial charge is 0.325 e. The number of aryl methyl sites for hydroxylation is 5. The lowest BCUT2D eigenvalue weighted by Gasteiger charge is -2.14. The Hall–Kier alpha value is -2.90. The van der Waals surface area contributed by atoms with Crippen LogP contribution in [-0.4, -0.2) is 21.2 Å². The van der Waals surface area contributed by atoms with E-state index in [-0.39, 0.29) is 17.2 Å². The minimum atomic E-state index is -0.126. The fourth-order valence-corrected chi connectivity index (χ4v) is 5.85. The molecule has 5 nitrogen and oxygen atoms in total. The molecule has 4 aromatic rings. The van der Waals surface area contributed by atoms with Crippen LogP contribution in [0, 0.1) is 27.7 Å². The number of nitrogens with zero attached hydrogens (tertiary/aromatic N) is 2. The number of nitrogens with one attached hydrogen (secondary N) is 1. The average Bonchev–Trinajstić information content (AvgIpc) is 3.11. The Morgan fingerprint density at radius 1 is 1.06 bits per heavy atom. The number of carbonyl (C=O) groups is 1. The van der Waals surface area contributed by atoms with Crippen LogP contribution in [0.4, 0.5) is 5.69 Å². The molecule has 0 spiro atoms. The molecule has 1 amide bonds. The van der Waals surface area contributed by atoms with Gasteiger partial charge in [-0.2, -0.15) is 0 Å². The molecule has 0 bridgehead atoms. The maximum Gasteiger partial charge on any atom is 0.267 e. The van der Waals surface area contributed by atoms with Gasteiger partial charge >= 0.3 is 0 Å². The predicted molar refractivity (Wildman–Crippen MR) is 139 cm³/mol. The Bertz CT molecular complexity index is 1380. The third-order valence-corrected chi connectivity index (χ3v) is 7.99. The summed E-state index contributed by atoms with van der Waals surface area (Å²) in [6.45, 7) is 10.0. The van der Waals surface area contributed by atoms with E-state index in [9.17, 15) is 9.59 Å². The first kappa shape index (κ1) is 23.3. The van der Waals surface area contributed by atoms with E-state index in [1.54, 1.807) is 15.9 Å². The second kappa shape index (κ2) is 9.53. The Kier molecular flexibility index (Phi) is 6.72. The normalized spacial score (nSPS) is 11.2. The summed E-state index contributed by atoms with van der Waals surface area (Å²) < 4.78 is 1.64. The van der Waals surface area contributed by atoms with Crippen molar-refractivity contribution in [1.82, 2.24) is 9.55 Å². The Balaban J connectivity index is 1.73. The van der Waals surface area contributed by atoms with Gasteiger partial charge < -0.3 is 5.32 Å². The lowest BCUT2D eigenvalue weighted by atomic mass is 10.1. The number of amides is 1. The van der Waals surface area contributed by atoms with Gasteiger partial charge in [0.2, 0.25) is 5.91 Å². The van der Waals surface area contributed by atoms with Crippen LogP contribution in [0.25, 0.3) is 15.9 Å². The number of aromatic nitrogens is 2. The number of hydrogen-bond acceptors (Lipinski definition) is 5. The molecule has 7 heteroatoms. The standard InChI is InChI=1S/C26H27N3O2S2/c1-6-20-18(5)22-24(33-20)28-26(29(25(22)31)19-12-10-15(2)11-13-19)32-14-21(30)27-23-16(3)8-7-9-17(23)4/h7-13H,6,14H2,1-5H3,(H,27,30). The number of hydrogen-bond donors (Lipinski definition) is 1. The zero-order chi connectivity index (χ0) is 23.7. The first-order chi connectivity index (χ1) is 15.8. The van der Waals surface area contributed by atoms with Crippen LogP contribution in [0.5, 0.6) is 0 Å². The summed E-state index contributed by atoms with van der Waals surface area (Å²) in [5.74, 6) is 0.0292. The topological polar surface area (TPSA) is 64.0 Å². The van der Waals surface area contributed by atoms with Gasteiger partial charge in [0.1, 0.15) is 4.83 Å². The summed E-state index contributed by atoms with van der Waals surface area (Å²) in [6.07, 6.45) is 0.859. The predicted octanol–water partition coefficient (Wildman–Crippen LogP) is 5.97. The number of benzene rings is 2. The van der Waals surface area contributed by atoms with Gasteiger partial charge in [0, 0.05) is 10.6 Å². The summed E-state index contributed by atoms with van der Waals surface area (Å²) in [6, 6.07) is 13.7. The molecule has 0 aliphatic heterocycles. The van der Waals surface area contributed by atoms with E-state index in [2.05, 4.69) is 12.2 Å². The highest BCUT2D eigenvalue weighted by atomic mass is 32.2. The molecule has 0 unspecified atom stereocenters. The number of rotatable bonds is 6. The number of fused-ring (bicyclic) bond motifs is 1. The number of thioether (sulfide) groups is 1. The molecule has 0 fully saturated rings. The molecule has 1 N–H and O–H groups in total. The van der Waals surface area contributed by atoms with Crippen molar-refractivity contribution in [3.63, 3.8) is 0 Å². The van der Waals surface area contributed by atoms with Gasteiger partial charge in [-0.1, -0.05) is 54.6 Å². The smallest absolute Gasteiger partial charge is 0.267 e. The summed E-state index contributed by atoms with van der Waals surface area (Å²) >= 11 is 2.84. The Morgan fingerprint density at radius 3 is 2.36 bits per heavy atom. The molecule has 0 saturated carbocycles. The van der Waals surface area contributed by atoms with E-state index in [4.69, 9.17) is 4.98 Å². The molecule has 33 heavy (non-hydrogen) atoms. The van der Waals surface area contributed by atoms with Crippen LogP contribution >= 0.6 is 23.1 Å². The zero-order valence-corrected chi connectivity index (χ0v) is 21.1. The van der Waals surface area contributed by atoms with Crippen molar-refractivity contribution in [3.05, 3.63) is 79.9 Å². The summed E-state index contributed by atoms with van der Waals surface area (Å²) in [5.41, 5.74) is 5.65. The molecule has 0 radical (unpaired) electrons. The number of anilines is 1. The van der Waals surface area contributed by atoms with E-state index >= 15 is 0 Å². The molecule has 0 atom stereocenters. The van der Waals surface area contributed by atoms with Crippen molar-refractivity contribution in [2.75, 3.05) is 11.1 Å². The van der Waals surface area contributed by atoms with Crippen LogP contribution in [0.2, 0.25) is 0 Å². The Labute approximate surface area is 201 Å². The monoisotopic (exact) mass is 477 g/mol. The van der Waals surface area contributed by atoms with Crippen molar-refractivity contribution in [3.8, 4) is 5.69 Å². The molecule has 170 valence electrons. The van der Waals surface area contributed by atoms with Crippen LogP contribution in [0.1, 0.15) is 34.1 Å². The van der Waals surface area contributed by atoms with Crippen LogP contribution in [0.15, 0.2) is 52.4 Å². The third kappa shape index (κ3) is 4.61. The molecule has 0 saturated heterocycles. The lowest BCUT2D eigenvalue weighted by molar-refractivity contribution is -0.113. The van der Waals surface area contributed by atoms with Crippen molar-refractivity contribution in [2.24, 2.45) is 0 Å². The first-order valence-electron chi connectivity index (χ1n) is 10.9. The quantitative estimate of drug-likeness (QED) is 0.274. The van der Waals surface area contributed by atoms with Gasteiger partial charge in [0.25, 0.3) is 5.56 Å². The van der Waals surface area contributed by atoms with Crippen molar-refractivity contribution in [1.29, 1.82) is 0 Å². The van der Waals surface area contributed by atoms with E-state index < -0.39 is 0 Å². The van der Waals surface area contributed by atoms with Gasteiger partial charge in [-0.25, -0.2) is 4.98 Å². The summed E-state index contributed by atoms with van der Waals surface area (Å²) in [7, 11) is 0. The first-order valence-corrected chi connectivity index (χ1v) is 12.7. The minimum Gasteiger partial charge on any atom is -0.325 e.